The number of fused-ring (bicyclic) bond motifs is 1. The van der Waals surface area contributed by atoms with Crippen LogP contribution >= 0.6 is 0 Å². The molecule has 0 aromatic heterocycles. The fraction of sp³-hybridized carbons (Fsp3) is 1.00. The van der Waals surface area contributed by atoms with Gasteiger partial charge in [-0.3, -0.25) is 0 Å². The van der Waals surface area contributed by atoms with Gasteiger partial charge in [-0.25, -0.2) is 0 Å². The van der Waals surface area contributed by atoms with Crippen molar-refractivity contribution in [1.82, 2.24) is 4.90 Å². The van der Waals surface area contributed by atoms with Crippen LogP contribution in [0.5, 0.6) is 0 Å². The number of piperidine rings is 1. The van der Waals surface area contributed by atoms with E-state index < -0.39 is 0 Å². The molecule has 154 valence electrons. The van der Waals surface area contributed by atoms with Crippen LogP contribution < -0.4 is 0 Å². The first kappa shape index (κ1) is 22.2. The van der Waals surface area contributed by atoms with Gasteiger partial charge in [0, 0.05) is 19.3 Å². The molecule has 0 amide bonds. The molecule has 0 bridgehead atoms. The molecule has 0 spiro atoms. The van der Waals surface area contributed by atoms with E-state index in [1.54, 1.807) is 0 Å². The van der Waals surface area contributed by atoms with E-state index >= 15 is 0 Å². The molecule has 3 unspecified atom stereocenters. The lowest BCUT2D eigenvalue weighted by molar-refractivity contribution is 0.0582. The van der Waals surface area contributed by atoms with Gasteiger partial charge in [0.05, 0.1) is 0 Å². The second-order valence-electron chi connectivity index (χ2n) is 10.1. The molecular formula is C24H47NO. The summed E-state index contributed by atoms with van der Waals surface area (Å²) in [4.78, 5) is 2.87. The van der Waals surface area contributed by atoms with Crippen LogP contribution in [0.15, 0.2) is 0 Å². The van der Waals surface area contributed by atoms with Gasteiger partial charge in [0.2, 0.25) is 0 Å². The third kappa shape index (κ3) is 7.89. The maximum Gasteiger partial charge on any atom is 0.0465 e. The molecule has 1 saturated heterocycles. The van der Waals surface area contributed by atoms with Crippen molar-refractivity contribution in [3.05, 3.63) is 0 Å². The van der Waals surface area contributed by atoms with Gasteiger partial charge in [-0.2, -0.15) is 0 Å². The molecule has 0 aromatic carbocycles. The van der Waals surface area contributed by atoms with Crippen molar-refractivity contribution in [3.63, 3.8) is 0 Å². The topological polar surface area (TPSA) is 12.5 Å². The molecule has 1 aliphatic carbocycles. The Labute approximate surface area is 164 Å². The van der Waals surface area contributed by atoms with Crippen molar-refractivity contribution >= 4 is 0 Å². The Kier molecular flexibility index (Phi) is 9.99. The SMILES string of the molecule is CCOCCCCC(C)(C)CC(C)CCCN1CCCC2CCCCC21. The normalized spacial score (nSPS) is 25.8. The number of unbranched alkanes of at least 4 members (excludes halogenated alkanes) is 1. The quantitative estimate of drug-likeness (QED) is 0.358. The number of ether oxygens (including phenoxy) is 1. The summed E-state index contributed by atoms with van der Waals surface area (Å²) in [7, 11) is 0. The lowest BCUT2D eigenvalue weighted by atomic mass is 9.77. The molecule has 2 fully saturated rings. The van der Waals surface area contributed by atoms with Crippen LogP contribution in [-0.4, -0.2) is 37.2 Å². The van der Waals surface area contributed by atoms with Gasteiger partial charge in [-0.05, 0) is 95.1 Å². The van der Waals surface area contributed by atoms with Gasteiger partial charge < -0.3 is 9.64 Å². The molecule has 1 saturated carbocycles. The molecule has 2 heteroatoms. The lowest BCUT2D eigenvalue weighted by Crippen LogP contribution is -2.47. The summed E-state index contributed by atoms with van der Waals surface area (Å²) in [5.41, 5.74) is 0.491. The molecule has 1 heterocycles. The first-order chi connectivity index (χ1) is 12.5. The molecule has 2 nitrogen and oxygen atoms in total. The summed E-state index contributed by atoms with van der Waals surface area (Å²) < 4.78 is 5.47. The molecule has 26 heavy (non-hydrogen) atoms. The maximum absolute atomic E-state index is 5.47. The highest BCUT2D eigenvalue weighted by Crippen LogP contribution is 2.36. The lowest BCUT2D eigenvalue weighted by Gasteiger charge is -2.44. The van der Waals surface area contributed by atoms with Gasteiger partial charge in [0.25, 0.3) is 0 Å². The van der Waals surface area contributed by atoms with E-state index in [-0.39, 0.29) is 0 Å². The minimum atomic E-state index is 0.491. The van der Waals surface area contributed by atoms with E-state index in [2.05, 4.69) is 32.6 Å². The molecule has 2 aliphatic rings. The minimum absolute atomic E-state index is 0.491. The Morgan fingerprint density at radius 2 is 1.81 bits per heavy atom. The second kappa shape index (κ2) is 11.7. The van der Waals surface area contributed by atoms with Crippen LogP contribution in [0.2, 0.25) is 0 Å². The fourth-order valence-electron chi connectivity index (χ4n) is 5.75. The summed E-state index contributed by atoms with van der Waals surface area (Å²) in [6, 6.07) is 0.939. The standard InChI is InChI=1S/C24H47NO/c1-5-26-19-9-8-16-24(3,4)20-21(2)12-10-17-25-18-11-14-22-13-6-7-15-23(22)25/h21-23H,5-20H2,1-4H3. The first-order valence-electron chi connectivity index (χ1n) is 11.8. The van der Waals surface area contributed by atoms with E-state index in [1.165, 1.54) is 90.1 Å². The van der Waals surface area contributed by atoms with E-state index in [1.807, 2.05) is 0 Å². The van der Waals surface area contributed by atoms with Crippen LogP contribution in [0.3, 0.4) is 0 Å². The number of likely N-dealkylation sites (tertiary alicyclic amines) is 1. The highest BCUT2D eigenvalue weighted by atomic mass is 16.5. The Morgan fingerprint density at radius 1 is 1.04 bits per heavy atom. The molecule has 2 rings (SSSR count). The summed E-state index contributed by atoms with van der Waals surface area (Å²) in [5.74, 6) is 1.90. The number of nitrogens with zero attached hydrogens (tertiary/aromatic N) is 1. The van der Waals surface area contributed by atoms with E-state index in [0.29, 0.717) is 5.41 Å². The van der Waals surface area contributed by atoms with Crippen LogP contribution in [0.25, 0.3) is 0 Å². The summed E-state index contributed by atoms with van der Waals surface area (Å²) in [6.45, 7) is 14.1. The second-order valence-corrected chi connectivity index (χ2v) is 10.1. The zero-order valence-electron chi connectivity index (χ0n) is 18.4. The largest absolute Gasteiger partial charge is 0.382 e. The van der Waals surface area contributed by atoms with Crippen LogP contribution in [0, 0.1) is 17.3 Å². The number of hydrogen-bond acceptors (Lipinski definition) is 2. The van der Waals surface area contributed by atoms with Crippen molar-refractivity contribution in [2.45, 2.75) is 111 Å². The molecule has 0 aromatic rings. The number of hydrogen-bond donors (Lipinski definition) is 0. The Bertz CT molecular complexity index is 365. The minimum Gasteiger partial charge on any atom is -0.382 e. The fourth-order valence-corrected chi connectivity index (χ4v) is 5.75. The maximum atomic E-state index is 5.47. The zero-order chi connectivity index (χ0) is 18.8. The average Bonchev–Trinajstić information content (AvgIpc) is 2.61. The van der Waals surface area contributed by atoms with E-state index in [0.717, 1.165) is 31.1 Å². The van der Waals surface area contributed by atoms with Crippen molar-refractivity contribution in [2.24, 2.45) is 17.3 Å². The van der Waals surface area contributed by atoms with Gasteiger partial charge in [-0.1, -0.05) is 40.0 Å². The highest BCUT2D eigenvalue weighted by molar-refractivity contribution is 4.87. The van der Waals surface area contributed by atoms with E-state index in [4.69, 9.17) is 4.74 Å². The van der Waals surface area contributed by atoms with Gasteiger partial charge in [-0.15, -0.1) is 0 Å². The molecule has 0 N–H and O–H groups in total. The van der Waals surface area contributed by atoms with Gasteiger partial charge >= 0.3 is 0 Å². The van der Waals surface area contributed by atoms with Crippen LogP contribution in [0.4, 0.5) is 0 Å². The molecule has 1 aliphatic heterocycles. The molecular weight excluding hydrogens is 318 g/mol. The number of rotatable bonds is 12. The van der Waals surface area contributed by atoms with Crippen LogP contribution in [-0.2, 0) is 4.74 Å². The predicted molar refractivity (Wildman–Crippen MR) is 114 cm³/mol. The van der Waals surface area contributed by atoms with Crippen LogP contribution in [0.1, 0.15) is 105 Å². The summed E-state index contributed by atoms with van der Waals surface area (Å²) in [5, 5.41) is 0. The summed E-state index contributed by atoms with van der Waals surface area (Å²) >= 11 is 0. The Balaban J connectivity index is 1.60. The highest BCUT2D eigenvalue weighted by Gasteiger charge is 2.32. The molecule has 3 atom stereocenters. The van der Waals surface area contributed by atoms with Crippen molar-refractivity contribution in [1.29, 1.82) is 0 Å². The van der Waals surface area contributed by atoms with Crippen molar-refractivity contribution in [2.75, 3.05) is 26.3 Å². The van der Waals surface area contributed by atoms with E-state index in [9.17, 15) is 0 Å². The Morgan fingerprint density at radius 3 is 2.62 bits per heavy atom. The molecule has 0 radical (unpaired) electrons. The monoisotopic (exact) mass is 365 g/mol. The third-order valence-electron chi connectivity index (χ3n) is 7.00. The van der Waals surface area contributed by atoms with Crippen molar-refractivity contribution < 1.29 is 4.74 Å². The zero-order valence-corrected chi connectivity index (χ0v) is 18.4. The van der Waals surface area contributed by atoms with Gasteiger partial charge in [0.1, 0.15) is 0 Å². The Hall–Kier alpha value is -0.0800. The first-order valence-corrected chi connectivity index (χ1v) is 11.8. The third-order valence-corrected chi connectivity index (χ3v) is 7.00. The smallest absolute Gasteiger partial charge is 0.0465 e. The predicted octanol–water partition coefficient (Wildman–Crippen LogP) is 6.68. The summed E-state index contributed by atoms with van der Waals surface area (Å²) in [6.07, 6.45) is 17.0. The average molecular weight is 366 g/mol. The van der Waals surface area contributed by atoms with Crippen molar-refractivity contribution in [3.8, 4) is 0 Å². The van der Waals surface area contributed by atoms with Gasteiger partial charge in [0.15, 0.2) is 0 Å².